The highest BCUT2D eigenvalue weighted by molar-refractivity contribution is 4.68. The molecule has 5 fully saturated rings. The van der Waals surface area contributed by atoms with E-state index >= 15 is 0 Å². The molecule has 38 heavy (non-hydrogen) atoms. The van der Waals surface area contributed by atoms with Gasteiger partial charge in [0, 0.05) is 26.4 Å². The molecule has 0 saturated carbocycles. The standard InChI is InChI=1S/C7H14O2.C6H12O2.C6H12O.2C4H8O3/c1-4-6-5-8-7(2,3)9-6;7-5-6-1-3-8-4-2-6;1-2-6-4-3-5-7-6;5-4-1-6-3-7-2-4;5-1-4-2-6-3-7-4/h6H,4-5H2,1-3H3;6-7H,1-5H2;6H,2-5H2,1H3;2*4-5H,1-3H2. The SMILES string of the molecule is CCC1CCCO1.CCC1COC(C)(C)O1.OC1COCOC1.OCC1CCOCC1.OCC1COCO1. The maximum atomic E-state index is 8.66. The third-order valence-electron chi connectivity index (χ3n) is 6.28. The van der Waals surface area contributed by atoms with Crippen LogP contribution in [0.25, 0.3) is 0 Å². The molecule has 0 aromatic rings. The molecule has 11 nitrogen and oxygen atoms in total. The molecule has 5 aliphatic rings. The fourth-order valence-corrected chi connectivity index (χ4v) is 3.81. The predicted octanol–water partition coefficient (Wildman–Crippen LogP) is 2.23. The zero-order chi connectivity index (χ0) is 28.1. The molecule has 0 aromatic heterocycles. The van der Waals surface area contributed by atoms with Crippen LogP contribution in [0.5, 0.6) is 0 Å². The molecule has 5 heterocycles. The number of hydrogen-bond donors (Lipinski definition) is 3. The monoisotopic (exact) mass is 554 g/mol. The molecule has 3 N–H and O–H groups in total. The summed E-state index contributed by atoms with van der Waals surface area (Å²) in [5.74, 6) is 0.185. The van der Waals surface area contributed by atoms with E-state index in [1.165, 1.54) is 19.3 Å². The zero-order valence-corrected chi connectivity index (χ0v) is 24.0. The quantitative estimate of drug-likeness (QED) is 0.472. The molecule has 0 aromatic carbocycles. The van der Waals surface area contributed by atoms with Crippen molar-refractivity contribution < 1.29 is 53.2 Å². The Hall–Kier alpha value is -0.440. The van der Waals surface area contributed by atoms with Crippen LogP contribution in [0.1, 0.15) is 66.2 Å². The van der Waals surface area contributed by atoms with Crippen LogP contribution >= 0.6 is 0 Å². The van der Waals surface area contributed by atoms with Crippen molar-refractivity contribution in [2.75, 3.05) is 73.0 Å². The van der Waals surface area contributed by atoms with Crippen molar-refractivity contribution in [3.8, 4) is 0 Å². The number of ether oxygens (including phenoxy) is 8. The summed E-state index contributed by atoms with van der Waals surface area (Å²) in [7, 11) is 0. The lowest BCUT2D eigenvalue weighted by atomic mass is 10.0. The van der Waals surface area contributed by atoms with Crippen molar-refractivity contribution in [2.24, 2.45) is 5.92 Å². The first kappa shape index (κ1) is 35.6. The van der Waals surface area contributed by atoms with E-state index in [0.717, 1.165) is 45.7 Å². The van der Waals surface area contributed by atoms with Gasteiger partial charge in [0.15, 0.2) is 5.79 Å². The summed E-state index contributed by atoms with van der Waals surface area (Å²) < 4.78 is 40.2. The van der Waals surface area contributed by atoms with Crippen molar-refractivity contribution >= 4 is 0 Å². The minimum Gasteiger partial charge on any atom is -0.396 e. The molecule has 228 valence electrons. The fraction of sp³-hybridized carbons (Fsp3) is 1.00. The van der Waals surface area contributed by atoms with E-state index in [1.54, 1.807) is 0 Å². The third-order valence-corrected chi connectivity index (χ3v) is 6.28. The highest BCUT2D eigenvalue weighted by Crippen LogP contribution is 2.23. The molecule has 0 aliphatic carbocycles. The van der Waals surface area contributed by atoms with E-state index in [4.69, 9.17) is 53.2 Å². The second kappa shape index (κ2) is 22.3. The first-order chi connectivity index (χ1) is 18.3. The van der Waals surface area contributed by atoms with Gasteiger partial charge in [-0.1, -0.05) is 13.8 Å². The Morgan fingerprint density at radius 3 is 1.63 bits per heavy atom. The topological polar surface area (TPSA) is 135 Å². The van der Waals surface area contributed by atoms with Gasteiger partial charge in [-0.15, -0.1) is 0 Å². The van der Waals surface area contributed by atoms with Crippen LogP contribution in [0.3, 0.4) is 0 Å². The molecule has 11 heteroatoms. The molecule has 0 amide bonds. The average molecular weight is 555 g/mol. The number of rotatable bonds is 4. The largest absolute Gasteiger partial charge is 0.396 e. The molecule has 5 aliphatic heterocycles. The second-order valence-corrected chi connectivity index (χ2v) is 10.1. The zero-order valence-electron chi connectivity index (χ0n) is 24.0. The van der Waals surface area contributed by atoms with E-state index in [2.05, 4.69) is 13.8 Å². The fourth-order valence-electron chi connectivity index (χ4n) is 3.81. The minimum absolute atomic E-state index is 0.0694. The summed E-state index contributed by atoms with van der Waals surface area (Å²) in [6.07, 6.45) is 7.32. The molecular weight excluding hydrogens is 500 g/mol. The van der Waals surface area contributed by atoms with Gasteiger partial charge in [0.05, 0.1) is 45.2 Å². The van der Waals surface area contributed by atoms with E-state index in [-0.39, 0.29) is 18.5 Å². The number of aliphatic hydroxyl groups is 3. The summed E-state index contributed by atoms with van der Waals surface area (Å²) in [5.41, 5.74) is 0. The molecule has 0 bridgehead atoms. The minimum atomic E-state index is -0.409. The maximum absolute atomic E-state index is 8.66. The first-order valence-electron chi connectivity index (χ1n) is 14.1. The van der Waals surface area contributed by atoms with Crippen LogP contribution in [-0.4, -0.2) is 119 Å². The van der Waals surface area contributed by atoms with Crippen molar-refractivity contribution in [2.45, 2.75) is 96.4 Å². The highest BCUT2D eigenvalue weighted by atomic mass is 16.7. The van der Waals surface area contributed by atoms with Crippen LogP contribution < -0.4 is 0 Å². The van der Waals surface area contributed by atoms with Crippen LogP contribution in [-0.2, 0) is 37.9 Å². The van der Waals surface area contributed by atoms with Crippen molar-refractivity contribution in [1.82, 2.24) is 0 Å². The van der Waals surface area contributed by atoms with Gasteiger partial charge in [-0.05, 0) is 58.3 Å². The lowest BCUT2D eigenvalue weighted by Crippen LogP contribution is -2.28. The lowest BCUT2D eigenvalue weighted by molar-refractivity contribution is -0.150. The van der Waals surface area contributed by atoms with Gasteiger partial charge in [0.25, 0.3) is 0 Å². The van der Waals surface area contributed by atoms with E-state index < -0.39 is 6.10 Å². The first-order valence-corrected chi connectivity index (χ1v) is 14.1. The predicted molar refractivity (Wildman–Crippen MR) is 141 cm³/mol. The van der Waals surface area contributed by atoms with Crippen LogP contribution in [0.2, 0.25) is 0 Å². The molecule has 5 saturated heterocycles. The van der Waals surface area contributed by atoms with E-state index in [9.17, 15) is 0 Å². The Morgan fingerprint density at radius 1 is 0.684 bits per heavy atom. The Balaban J connectivity index is 0.000000238. The summed E-state index contributed by atoms with van der Waals surface area (Å²) >= 11 is 0. The van der Waals surface area contributed by atoms with Gasteiger partial charge in [0.1, 0.15) is 25.8 Å². The Labute approximate surface area is 229 Å². The molecule has 3 atom stereocenters. The number of hydrogen-bond acceptors (Lipinski definition) is 11. The van der Waals surface area contributed by atoms with E-state index in [1.807, 2.05) is 13.8 Å². The maximum Gasteiger partial charge on any atom is 0.163 e. The van der Waals surface area contributed by atoms with Crippen LogP contribution in [0, 0.1) is 5.92 Å². The smallest absolute Gasteiger partial charge is 0.163 e. The summed E-state index contributed by atoms with van der Waals surface area (Å²) in [6.45, 7) is 14.1. The van der Waals surface area contributed by atoms with Gasteiger partial charge in [-0.25, -0.2) is 0 Å². The van der Waals surface area contributed by atoms with Crippen molar-refractivity contribution in [3.63, 3.8) is 0 Å². The molecule has 3 unspecified atom stereocenters. The molecule has 0 spiro atoms. The van der Waals surface area contributed by atoms with Gasteiger partial charge in [-0.2, -0.15) is 0 Å². The molecule has 5 rings (SSSR count). The van der Waals surface area contributed by atoms with Gasteiger partial charge in [0.2, 0.25) is 0 Å². The second-order valence-electron chi connectivity index (χ2n) is 10.1. The van der Waals surface area contributed by atoms with E-state index in [0.29, 0.717) is 58.1 Å². The van der Waals surface area contributed by atoms with Crippen LogP contribution in [0.4, 0.5) is 0 Å². The highest BCUT2D eigenvalue weighted by Gasteiger charge is 2.31. The average Bonchev–Trinajstić information content (AvgIpc) is 3.73. The lowest BCUT2D eigenvalue weighted by Gasteiger charge is -2.18. The van der Waals surface area contributed by atoms with Crippen molar-refractivity contribution in [1.29, 1.82) is 0 Å². The van der Waals surface area contributed by atoms with Gasteiger partial charge < -0.3 is 53.2 Å². The van der Waals surface area contributed by atoms with Crippen LogP contribution in [0.15, 0.2) is 0 Å². The summed E-state index contributed by atoms with van der Waals surface area (Å²) in [5, 5.41) is 25.7. The Kier molecular flexibility index (Phi) is 20.9. The van der Waals surface area contributed by atoms with Crippen molar-refractivity contribution in [3.05, 3.63) is 0 Å². The number of aliphatic hydroxyl groups excluding tert-OH is 3. The third kappa shape index (κ3) is 18.0. The normalized spacial score (nSPS) is 29.0. The molecular formula is C27H54O11. The van der Waals surface area contributed by atoms with Gasteiger partial charge >= 0.3 is 0 Å². The summed E-state index contributed by atoms with van der Waals surface area (Å²) in [4.78, 5) is 0. The van der Waals surface area contributed by atoms with Gasteiger partial charge in [-0.3, -0.25) is 0 Å². The Bertz CT molecular complexity index is 497. The Morgan fingerprint density at radius 2 is 1.34 bits per heavy atom. The summed E-state index contributed by atoms with van der Waals surface area (Å²) in [6, 6.07) is 0. The molecule has 0 radical (unpaired) electrons.